The van der Waals surface area contributed by atoms with Crippen LogP contribution in [0.25, 0.3) is 22.3 Å². The van der Waals surface area contributed by atoms with Gasteiger partial charge in [0.2, 0.25) is 0 Å². The minimum absolute atomic E-state index is 0.105. The first-order valence-electron chi connectivity index (χ1n) is 21.7. The molecule has 0 aliphatic carbocycles. The van der Waals surface area contributed by atoms with Crippen LogP contribution in [-0.4, -0.2) is 10.2 Å². The molecule has 0 saturated heterocycles. The number of benzene rings is 8. The molecule has 8 aromatic carbocycles. The van der Waals surface area contributed by atoms with E-state index in [-0.39, 0.29) is 22.3 Å². The number of aromatic hydroxyl groups is 2. The molecular weight excluding hydrogens is 773 g/mol. The molecule has 0 saturated carbocycles. The zero-order valence-electron chi connectivity index (χ0n) is 36.5. The highest BCUT2D eigenvalue weighted by molar-refractivity contribution is 5.89. The third-order valence-corrected chi connectivity index (χ3v) is 14.2. The van der Waals surface area contributed by atoms with Gasteiger partial charge in [-0.2, -0.15) is 0 Å². The van der Waals surface area contributed by atoms with Gasteiger partial charge in [0, 0.05) is 27.6 Å². The maximum Gasteiger partial charge on any atom is 0.116 e. The van der Waals surface area contributed by atoms with Crippen LogP contribution in [0.1, 0.15) is 74.9 Å². The molecule has 63 heavy (non-hydrogen) atoms. The van der Waals surface area contributed by atoms with Gasteiger partial charge in [-0.15, -0.1) is 0 Å². The van der Waals surface area contributed by atoms with Crippen LogP contribution in [0.4, 0.5) is 45.5 Å². The van der Waals surface area contributed by atoms with Crippen molar-refractivity contribution in [3.05, 3.63) is 203 Å². The predicted molar refractivity (Wildman–Crippen MR) is 259 cm³/mol. The molecule has 0 bridgehead atoms. The van der Waals surface area contributed by atoms with Crippen molar-refractivity contribution in [2.75, 3.05) is 14.8 Å². The van der Waals surface area contributed by atoms with Gasteiger partial charge in [0.15, 0.2) is 0 Å². The van der Waals surface area contributed by atoms with Crippen molar-refractivity contribution in [3.8, 4) is 33.8 Å². The molecule has 310 valence electrons. The highest BCUT2D eigenvalue weighted by atomic mass is 16.3. The Morgan fingerprint density at radius 2 is 0.651 bits per heavy atom. The standard InChI is InChI=1S/C57H50N4O2/c1-55(2)43-11-7-9-13-49(43)59(50-14-10-8-12-44(50)55)39-21-15-35(16-22-39)37-19-27-53-45(31-37)56(3,4)46-32-38(20-28-54(46)61(53)58)36-17-23-40(24-18-36)60-51-29-25-41(62)33-47(51)57(5,6)48-34-42(63)26-30-52(48)60/h7-34,62-63H,58H2,1-6H3. The summed E-state index contributed by atoms with van der Waals surface area (Å²) >= 11 is 0. The molecule has 0 amide bonds. The molecule has 11 rings (SSSR count). The van der Waals surface area contributed by atoms with Crippen LogP contribution < -0.4 is 20.7 Å². The Hall–Kier alpha value is -7.28. The lowest BCUT2D eigenvalue weighted by atomic mass is 9.72. The van der Waals surface area contributed by atoms with Gasteiger partial charge in [-0.05, 0) is 153 Å². The summed E-state index contributed by atoms with van der Waals surface area (Å²) in [5.41, 5.74) is 19.1. The van der Waals surface area contributed by atoms with E-state index in [0.29, 0.717) is 0 Å². The second-order valence-corrected chi connectivity index (χ2v) is 18.9. The molecule has 0 spiro atoms. The first-order chi connectivity index (χ1) is 30.2. The normalized spacial score (nSPS) is 16.0. The molecule has 0 radical (unpaired) electrons. The number of nitrogens with zero attached hydrogens (tertiary/aromatic N) is 3. The maximum absolute atomic E-state index is 10.5. The smallest absolute Gasteiger partial charge is 0.116 e. The molecule has 3 aliphatic heterocycles. The van der Waals surface area contributed by atoms with Crippen LogP contribution in [0.3, 0.4) is 0 Å². The SMILES string of the molecule is CC1(C)c2cc(-c3ccc(N4c5ccccc5C(C)(C)c5ccccc54)cc3)ccc2N(N)c2ccc(-c3ccc(N4c5ccc(O)cc5C(C)(C)c5cc(O)ccc54)cc3)cc21. The average Bonchev–Trinajstić information content (AvgIpc) is 3.29. The number of rotatable bonds is 4. The second-order valence-electron chi connectivity index (χ2n) is 18.9. The number of hydrogen-bond acceptors (Lipinski definition) is 6. The summed E-state index contributed by atoms with van der Waals surface area (Å²) in [7, 11) is 0. The van der Waals surface area contributed by atoms with Gasteiger partial charge >= 0.3 is 0 Å². The van der Waals surface area contributed by atoms with Gasteiger partial charge < -0.3 is 20.0 Å². The minimum atomic E-state index is -0.429. The number of hydrogen-bond donors (Lipinski definition) is 3. The number of nitrogens with two attached hydrogens (primary N) is 1. The van der Waals surface area contributed by atoms with Crippen LogP contribution in [0, 0.1) is 0 Å². The second kappa shape index (κ2) is 13.6. The number of hydrazine groups is 1. The lowest BCUT2D eigenvalue weighted by molar-refractivity contribution is 0.469. The van der Waals surface area contributed by atoms with E-state index < -0.39 is 5.41 Å². The van der Waals surface area contributed by atoms with E-state index in [1.807, 2.05) is 29.3 Å². The first kappa shape index (κ1) is 38.6. The van der Waals surface area contributed by atoms with Gasteiger partial charge in [0.1, 0.15) is 11.5 Å². The van der Waals surface area contributed by atoms with E-state index in [1.54, 1.807) is 12.1 Å². The van der Waals surface area contributed by atoms with Crippen molar-refractivity contribution >= 4 is 45.5 Å². The lowest BCUT2D eigenvalue weighted by Gasteiger charge is -2.42. The highest BCUT2D eigenvalue weighted by Crippen LogP contribution is 2.55. The van der Waals surface area contributed by atoms with Crippen molar-refractivity contribution in [3.63, 3.8) is 0 Å². The van der Waals surface area contributed by atoms with E-state index in [2.05, 4.69) is 185 Å². The molecule has 3 aliphatic rings. The molecule has 6 heteroatoms. The zero-order chi connectivity index (χ0) is 43.6. The monoisotopic (exact) mass is 822 g/mol. The Labute approximate surface area is 369 Å². The lowest BCUT2D eigenvalue weighted by Crippen LogP contribution is -2.36. The van der Waals surface area contributed by atoms with Crippen LogP contribution >= 0.6 is 0 Å². The molecule has 8 aromatic rings. The predicted octanol–water partition coefficient (Wildman–Crippen LogP) is 14.3. The fourth-order valence-electron chi connectivity index (χ4n) is 10.7. The third-order valence-electron chi connectivity index (χ3n) is 14.2. The summed E-state index contributed by atoms with van der Waals surface area (Å²) in [6, 6.07) is 59.5. The molecule has 4 N–H and O–H groups in total. The van der Waals surface area contributed by atoms with E-state index in [1.165, 1.54) is 28.1 Å². The summed E-state index contributed by atoms with van der Waals surface area (Å²) in [5, 5.41) is 22.9. The molecule has 3 heterocycles. The number of fused-ring (bicyclic) bond motifs is 6. The summed E-state index contributed by atoms with van der Waals surface area (Å²) in [5.74, 6) is 7.40. The van der Waals surface area contributed by atoms with Gasteiger partial charge in [-0.25, -0.2) is 5.84 Å². The van der Waals surface area contributed by atoms with Crippen LogP contribution in [0.5, 0.6) is 11.5 Å². The van der Waals surface area contributed by atoms with E-state index >= 15 is 0 Å². The third kappa shape index (κ3) is 5.74. The van der Waals surface area contributed by atoms with Gasteiger partial charge in [-0.3, -0.25) is 5.01 Å². The van der Waals surface area contributed by atoms with Crippen molar-refractivity contribution in [2.45, 2.75) is 57.8 Å². The molecule has 0 aromatic heterocycles. The highest BCUT2D eigenvalue weighted by Gasteiger charge is 2.40. The van der Waals surface area contributed by atoms with Gasteiger partial charge in [0.05, 0.1) is 34.1 Å². The summed E-state index contributed by atoms with van der Waals surface area (Å²) in [6.45, 7) is 13.5. The number of phenols is 2. The molecule has 6 nitrogen and oxygen atoms in total. The quantitative estimate of drug-likeness (QED) is 0.154. The van der Waals surface area contributed by atoms with Crippen molar-refractivity contribution in [1.29, 1.82) is 0 Å². The first-order valence-corrected chi connectivity index (χ1v) is 21.7. The van der Waals surface area contributed by atoms with E-state index in [4.69, 9.17) is 5.84 Å². The molecule has 0 fully saturated rings. The summed E-state index contributed by atoms with van der Waals surface area (Å²) in [4.78, 5) is 4.62. The minimum Gasteiger partial charge on any atom is -0.508 e. The summed E-state index contributed by atoms with van der Waals surface area (Å²) in [6.07, 6.45) is 0. The van der Waals surface area contributed by atoms with Gasteiger partial charge in [0.25, 0.3) is 0 Å². The van der Waals surface area contributed by atoms with Crippen molar-refractivity contribution in [1.82, 2.24) is 0 Å². The van der Waals surface area contributed by atoms with E-state index in [0.717, 1.165) is 73.1 Å². The Morgan fingerprint density at radius 3 is 1.06 bits per heavy atom. The zero-order valence-corrected chi connectivity index (χ0v) is 36.5. The number of phenolic OH excluding ortho intramolecular Hbond substituents is 2. The maximum atomic E-state index is 10.5. The Balaban J connectivity index is 0.916. The van der Waals surface area contributed by atoms with Crippen LogP contribution in [-0.2, 0) is 16.2 Å². The molecule has 0 atom stereocenters. The van der Waals surface area contributed by atoms with Gasteiger partial charge in [-0.1, -0.05) is 114 Å². The summed E-state index contributed by atoms with van der Waals surface area (Å²) < 4.78 is 0. The topological polar surface area (TPSA) is 76.2 Å². The van der Waals surface area contributed by atoms with Crippen molar-refractivity contribution in [2.24, 2.45) is 5.84 Å². The van der Waals surface area contributed by atoms with Crippen LogP contribution in [0.2, 0.25) is 0 Å². The average molecular weight is 823 g/mol. The number of anilines is 8. The fourth-order valence-corrected chi connectivity index (χ4v) is 10.7. The molecular formula is C57H50N4O2. The largest absolute Gasteiger partial charge is 0.508 e. The number of para-hydroxylation sites is 2. The fraction of sp³-hybridized carbons (Fsp3) is 0.158. The van der Waals surface area contributed by atoms with E-state index in [9.17, 15) is 10.2 Å². The Morgan fingerprint density at radius 1 is 0.333 bits per heavy atom. The molecule has 0 unspecified atom stereocenters. The Kier molecular flexibility index (Phi) is 8.34. The van der Waals surface area contributed by atoms with Crippen LogP contribution in [0.15, 0.2) is 170 Å². The Bertz CT molecular complexity index is 3040. The van der Waals surface area contributed by atoms with Crippen molar-refractivity contribution < 1.29 is 10.2 Å².